The summed E-state index contributed by atoms with van der Waals surface area (Å²) in [4.78, 5) is 12.1. The third kappa shape index (κ3) is 2.49. The molecule has 1 aliphatic rings. The van der Waals surface area contributed by atoms with Crippen molar-refractivity contribution in [2.24, 2.45) is 0 Å². The van der Waals surface area contributed by atoms with Gasteiger partial charge in [0.1, 0.15) is 5.75 Å². The first-order chi connectivity index (χ1) is 9.63. The maximum absolute atomic E-state index is 12.1. The lowest BCUT2D eigenvalue weighted by atomic mass is 10.1. The minimum Gasteiger partial charge on any atom is -0.506 e. The Hall–Kier alpha value is -2.00. The highest BCUT2D eigenvalue weighted by atomic mass is 35.5. The average molecular weight is 288 g/mol. The molecule has 0 spiro atoms. The number of benzene rings is 2. The van der Waals surface area contributed by atoms with E-state index < -0.39 is 0 Å². The standard InChI is InChI=1S/C16H14ClNO2/c17-14-9-12(5-7-15(14)19)16(20)18-13-6-4-10-2-1-3-11(10)8-13/h4-9,19H,1-3H2,(H,18,20). The Balaban J connectivity index is 1.80. The number of carbonyl (C=O) groups is 1. The van der Waals surface area contributed by atoms with Crippen LogP contribution in [0.15, 0.2) is 36.4 Å². The number of hydrogen-bond donors (Lipinski definition) is 2. The van der Waals surface area contributed by atoms with Crippen LogP contribution in [-0.4, -0.2) is 11.0 Å². The van der Waals surface area contributed by atoms with Crippen molar-refractivity contribution in [1.29, 1.82) is 0 Å². The fourth-order valence-electron chi connectivity index (χ4n) is 2.50. The molecule has 102 valence electrons. The first-order valence-electron chi connectivity index (χ1n) is 6.55. The second-order valence-corrected chi connectivity index (χ2v) is 5.36. The number of carbonyl (C=O) groups excluding carboxylic acids is 1. The van der Waals surface area contributed by atoms with Gasteiger partial charge < -0.3 is 10.4 Å². The van der Waals surface area contributed by atoms with Crippen molar-refractivity contribution in [3.8, 4) is 5.75 Å². The molecular weight excluding hydrogens is 274 g/mol. The fraction of sp³-hybridized carbons (Fsp3) is 0.188. The molecule has 0 atom stereocenters. The van der Waals surface area contributed by atoms with E-state index >= 15 is 0 Å². The summed E-state index contributed by atoms with van der Waals surface area (Å²) in [5.74, 6) is -0.259. The molecule has 0 bridgehead atoms. The van der Waals surface area contributed by atoms with Crippen LogP contribution in [0.4, 0.5) is 5.69 Å². The van der Waals surface area contributed by atoms with Gasteiger partial charge in [-0.25, -0.2) is 0 Å². The van der Waals surface area contributed by atoms with Crippen molar-refractivity contribution in [3.05, 3.63) is 58.1 Å². The number of aromatic hydroxyl groups is 1. The van der Waals surface area contributed by atoms with Gasteiger partial charge >= 0.3 is 0 Å². The minimum atomic E-state index is -0.232. The number of rotatable bonds is 2. The molecule has 3 rings (SSSR count). The number of nitrogens with one attached hydrogen (secondary N) is 1. The average Bonchev–Trinajstić information content (AvgIpc) is 2.89. The summed E-state index contributed by atoms with van der Waals surface area (Å²) in [5.41, 5.74) is 3.90. The summed E-state index contributed by atoms with van der Waals surface area (Å²) in [7, 11) is 0. The van der Waals surface area contributed by atoms with E-state index in [-0.39, 0.29) is 16.7 Å². The monoisotopic (exact) mass is 287 g/mol. The van der Waals surface area contributed by atoms with Crippen LogP contribution in [0.1, 0.15) is 27.9 Å². The summed E-state index contributed by atoms with van der Waals surface area (Å²) in [6.45, 7) is 0. The van der Waals surface area contributed by atoms with Crippen molar-refractivity contribution in [2.45, 2.75) is 19.3 Å². The Morgan fingerprint density at radius 3 is 2.70 bits per heavy atom. The highest BCUT2D eigenvalue weighted by Crippen LogP contribution is 2.26. The number of phenols is 1. The number of amides is 1. The van der Waals surface area contributed by atoms with Gasteiger partial charge in [0.05, 0.1) is 5.02 Å². The molecule has 2 aromatic carbocycles. The van der Waals surface area contributed by atoms with E-state index in [0.29, 0.717) is 5.56 Å². The van der Waals surface area contributed by atoms with E-state index in [4.69, 9.17) is 11.6 Å². The van der Waals surface area contributed by atoms with Crippen molar-refractivity contribution < 1.29 is 9.90 Å². The van der Waals surface area contributed by atoms with E-state index in [9.17, 15) is 9.90 Å². The highest BCUT2D eigenvalue weighted by Gasteiger charge is 2.13. The number of phenolic OH excluding ortho intramolecular Hbond substituents is 1. The van der Waals surface area contributed by atoms with Crippen LogP contribution in [0.25, 0.3) is 0 Å². The smallest absolute Gasteiger partial charge is 0.255 e. The molecule has 2 N–H and O–H groups in total. The normalized spacial score (nSPS) is 13.1. The lowest BCUT2D eigenvalue weighted by Crippen LogP contribution is -2.12. The molecule has 4 heteroatoms. The predicted molar refractivity (Wildman–Crippen MR) is 79.5 cm³/mol. The molecule has 0 heterocycles. The lowest BCUT2D eigenvalue weighted by Gasteiger charge is -2.08. The third-order valence-corrected chi connectivity index (χ3v) is 3.87. The van der Waals surface area contributed by atoms with Crippen LogP contribution < -0.4 is 5.32 Å². The zero-order chi connectivity index (χ0) is 14.1. The molecule has 0 saturated heterocycles. The Morgan fingerprint density at radius 1 is 1.10 bits per heavy atom. The van der Waals surface area contributed by atoms with Gasteiger partial charge in [-0.3, -0.25) is 4.79 Å². The summed E-state index contributed by atoms with van der Waals surface area (Å²) in [5, 5.41) is 12.4. The molecule has 1 aliphatic carbocycles. The van der Waals surface area contributed by atoms with Gasteiger partial charge in [-0.1, -0.05) is 17.7 Å². The van der Waals surface area contributed by atoms with E-state index in [1.54, 1.807) is 6.07 Å². The number of hydrogen-bond acceptors (Lipinski definition) is 2. The Bertz CT molecular complexity index is 682. The second kappa shape index (κ2) is 5.17. The topological polar surface area (TPSA) is 49.3 Å². The number of anilines is 1. The zero-order valence-electron chi connectivity index (χ0n) is 10.8. The van der Waals surface area contributed by atoms with Crippen LogP contribution in [0.3, 0.4) is 0 Å². The first kappa shape index (κ1) is 13.0. The summed E-state index contributed by atoms with van der Waals surface area (Å²) >= 11 is 5.81. The van der Waals surface area contributed by atoms with Gasteiger partial charge in [0, 0.05) is 11.3 Å². The largest absolute Gasteiger partial charge is 0.506 e. The third-order valence-electron chi connectivity index (χ3n) is 3.57. The molecule has 0 fully saturated rings. The lowest BCUT2D eigenvalue weighted by molar-refractivity contribution is 0.102. The molecule has 20 heavy (non-hydrogen) atoms. The molecule has 2 aromatic rings. The minimum absolute atomic E-state index is 0.0271. The van der Waals surface area contributed by atoms with E-state index in [1.807, 2.05) is 12.1 Å². The molecular formula is C16H14ClNO2. The van der Waals surface area contributed by atoms with Crippen molar-refractivity contribution >= 4 is 23.2 Å². The zero-order valence-corrected chi connectivity index (χ0v) is 11.6. The Kier molecular flexibility index (Phi) is 3.36. The summed E-state index contributed by atoms with van der Waals surface area (Å²) in [6, 6.07) is 10.4. The van der Waals surface area contributed by atoms with Crippen molar-refractivity contribution in [1.82, 2.24) is 0 Å². The molecule has 0 aliphatic heterocycles. The fourth-order valence-corrected chi connectivity index (χ4v) is 2.68. The predicted octanol–water partition coefficient (Wildman–Crippen LogP) is 3.79. The maximum Gasteiger partial charge on any atom is 0.255 e. The number of halogens is 1. The quantitative estimate of drug-likeness (QED) is 0.883. The van der Waals surface area contributed by atoms with E-state index in [0.717, 1.165) is 18.5 Å². The van der Waals surface area contributed by atoms with Crippen LogP contribution in [0.2, 0.25) is 5.02 Å². The Morgan fingerprint density at radius 2 is 1.90 bits per heavy atom. The van der Waals surface area contributed by atoms with Gasteiger partial charge in [-0.15, -0.1) is 0 Å². The van der Waals surface area contributed by atoms with Gasteiger partial charge in [-0.2, -0.15) is 0 Å². The number of aryl methyl sites for hydroxylation is 2. The molecule has 0 radical (unpaired) electrons. The molecule has 3 nitrogen and oxygen atoms in total. The van der Waals surface area contributed by atoms with Crippen molar-refractivity contribution in [3.63, 3.8) is 0 Å². The van der Waals surface area contributed by atoms with E-state index in [2.05, 4.69) is 11.4 Å². The Labute approximate surface area is 122 Å². The van der Waals surface area contributed by atoms with Gasteiger partial charge in [0.25, 0.3) is 5.91 Å². The van der Waals surface area contributed by atoms with Gasteiger partial charge in [-0.05, 0) is 60.7 Å². The molecule has 0 aromatic heterocycles. The van der Waals surface area contributed by atoms with Crippen LogP contribution in [-0.2, 0) is 12.8 Å². The molecule has 0 saturated carbocycles. The SMILES string of the molecule is O=C(Nc1ccc2c(c1)CCC2)c1ccc(O)c(Cl)c1. The van der Waals surface area contributed by atoms with E-state index in [1.165, 1.54) is 29.7 Å². The van der Waals surface area contributed by atoms with Gasteiger partial charge in [0.2, 0.25) is 0 Å². The molecule has 0 unspecified atom stereocenters. The van der Waals surface area contributed by atoms with Crippen molar-refractivity contribution in [2.75, 3.05) is 5.32 Å². The second-order valence-electron chi connectivity index (χ2n) is 4.96. The first-order valence-corrected chi connectivity index (χ1v) is 6.93. The van der Waals surface area contributed by atoms with Crippen LogP contribution in [0, 0.1) is 0 Å². The molecule has 1 amide bonds. The summed E-state index contributed by atoms with van der Waals surface area (Å²) < 4.78 is 0. The maximum atomic E-state index is 12.1. The van der Waals surface area contributed by atoms with Crippen LogP contribution in [0.5, 0.6) is 5.75 Å². The number of fused-ring (bicyclic) bond motifs is 1. The van der Waals surface area contributed by atoms with Gasteiger partial charge in [0.15, 0.2) is 0 Å². The van der Waals surface area contributed by atoms with Crippen LogP contribution >= 0.6 is 11.6 Å². The highest BCUT2D eigenvalue weighted by molar-refractivity contribution is 6.32. The summed E-state index contributed by atoms with van der Waals surface area (Å²) in [6.07, 6.45) is 3.38.